The lowest BCUT2D eigenvalue weighted by atomic mass is 10.1. The van der Waals surface area contributed by atoms with Gasteiger partial charge in [-0.3, -0.25) is 0 Å². The fraction of sp³-hybridized carbons (Fsp3) is 0.231. The molecule has 0 spiro atoms. The van der Waals surface area contributed by atoms with Crippen molar-refractivity contribution < 1.29 is 8.42 Å². The molecule has 0 bridgehead atoms. The van der Waals surface area contributed by atoms with Crippen molar-refractivity contribution in [2.24, 2.45) is 0 Å². The van der Waals surface area contributed by atoms with Crippen LogP contribution in [0.2, 0.25) is 0 Å². The highest BCUT2D eigenvalue weighted by atomic mass is 32.2. The molecule has 0 fully saturated rings. The van der Waals surface area contributed by atoms with Crippen molar-refractivity contribution in [1.29, 1.82) is 0 Å². The van der Waals surface area contributed by atoms with Crippen molar-refractivity contribution in [3.05, 3.63) is 36.4 Å². The van der Waals surface area contributed by atoms with Gasteiger partial charge >= 0.3 is 0 Å². The molecule has 2 aromatic rings. The molecule has 0 amide bonds. The summed E-state index contributed by atoms with van der Waals surface area (Å²) in [6, 6.07) is 11.1. The molecule has 2 aromatic carbocycles. The molecule has 0 aromatic heterocycles. The Kier molecular flexibility index (Phi) is 2.83. The van der Waals surface area contributed by atoms with Crippen molar-refractivity contribution in [2.75, 3.05) is 25.3 Å². The predicted molar refractivity (Wildman–Crippen MR) is 71.4 cm³/mol. The molecule has 4 heteroatoms. The van der Waals surface area contributed by atoms with Crippen LogP contribution >= 0.6 is 0 Å². The van der Waals surface area contributed by atoms with E-state index in [1.54, 1.807) is 12.1 Å². The summed E-state index contributed by atoms with van der Waals surface area (Å²) in [5, 5.41) is 1.74. The van der Waals surface area contributed by atoms with Crippen LogP contribution in [0.15, 0.2) is 41.3 Å². The number of fused-ring (bicyclic) bond motifs is 1. The number of hydrogen-bond donors (Lipinski definition) is 0. The van der Waals surface area contributed by atoms with E-state index >= 15 is 0 Å². The molecular weight excluding hydrogens is 234 g/mol. The van der Waals surface area contributed by atoms with Gasteiger partial charge in [-0.1, -0.05) is 24.3 Å². The Morgan fingerprint density at radius 1 is 0.941 bits per heavy atom. The molecule has 17 heavy (non-hydrogen) atoms. The zero-order valence-electron chi connectivity index (χ0n) is 10.1. The van der Waals surface area contributed by atoms with Crippen LogP contribution in [-0.4, -0.2) is 28.8 Å². The summed E-state index contributed by atoms with van der Waals surface area (Å²) in [6.45, 7) is 0. The van der Waals surface area contributed by atoms with Crippen LogP contribution in [-0.2, 0) is 9.84 Å². The first-order valence-electron chi connectivity index (χ1n) is 5.30. The fourth-order valence-corrected chi connectivity index (χ4v) is 2.88. The maximum atomic E-state index is 11.7. The number of sulfone groups is 1. The molecule has 0 saturated carbocycles. The monoisotopic (exact) mass is 249 g/mol. The molecule has 0 unspecified atom stereocenters. The van der Waals surface area contributed by atoms with Gasteiger partial charge in [0.25, 0.3) is 0 Å². The van der Waals surface area contributed by atoms with Crippen LogP contribution in [0.5, 0.6) is 0 Å². The van der Waals surface area contributed by atoms with Gasteiger partial charge < -0.3 is 4.90 Å². The van der Waals surface area contributed by atoms with Crippen LogP contribution in [0.3, 0.4) is 0 Å². The predicted octanol–water partition coefficient (Wildman–Crippen LogP) is 2.31. The minimum atomic E-state index is -3.19. The van der Waals surface area contributed by atoms with Crippen LogP contribution < -0.4 is 4.90 Å². The lowest BCUT2D eigenvalue weighted by Gasteiger charge is -2.16. The third-order valence-corrected chi connectivity index (χ3v) is 3.90. The van der Waals surface area contributed by atoms with Crippen molar-refractivity contribution in [3.8, 4) is 0 Å². The summed E-state index contributed by atoms with van der Waals surface area (Å²) in [7, 11) is 0.702. The largest absolute Gasteiger partial charge is 0.377 e. The molecule has 0 aliphatic rings. The van der Waals surface area contributed by atoms with E-state index in [2.05, 4.69) is 0 Å². The maximum absolute atomic E-state index is 11.7. The van der Waals surface area contributed by atoms with E-state index < -0.39 is 9.84 Å². The van der Waals surface area contributed by atoms with Gasteiger partial charge in [0.05, 0.1) is 4.90 Å². The van der Waals surface area contributed by atoms with Crippen LogP contribution in [0, 0.1) is 0 Å². The third kappa shape index (κ3) is 2.13. The second-order valence-corrected chi connectivity index (χ2v) is 6.28. The quantitative estimate of drug-likeness (QED) is 0.819. The van der Waals surface area contributed by atoms with E-state index in [9.17, 15) is 8.42 Å². The van der Waals surface area contributed by atoms with Crippen LogP contribution in [0.1, 0.15) is 0 Å². The standard InChI is InChI=1S/C13H15NO2S/c1-14(2)12-8-4-7-11-10(12)6-5-9-13(11)17(3,15)16/h4-9H,1-3H3. The van der Waals surface area contributed by atoms with E-state index in [0.29, 0.717) is 4.90 Å². The maximum Gasteiger partial charge on any atom is 0.176 e. The van der Waals surface area contributed by atoms with E-state index in [1.807, 2.05) is 43.3 Å². The summed E-state index contributed by atoms with van der Waals surface area (Å²) in [4.78, 5) is 2.37. The number of rotatable bonds is 2. The second kappa shape index (κ2) is 4.04. The number of hydrogen-bond acceptors (Lipinski definition) is 3. The minimum Gasteiger partial charge on any atom is -0.377 e. The highest BCUT2D eigenvalue weighted by Gasteiger charge is 2.13. The van der Waals surface area contributed by atoms with Crippen molar-refractivity contribution in [3.63, 3.8) is 0 Å². The van der Waals surface area contributed by atoms with Crippen molar-refractivity contribution in [1.82, 2.24) is 0 Å². The zero-order chi connectivity index (χ0) is 12.6. The first kappa shape index (κ1) is 11.9. The summed E-state index contributed by atoms with van der Waals surface area (Å²) in [5.41, 5.74) is 1.02. The molecule has 2 rings (SSSR count). The smallest absolute Gasteiger partial charge is 0.176 e. The van der Waals surface area contributed by atoms with E-state index in [1.165, 1.54) is 6.26 Å². The van der Waals surface area contributed by atoms with Crippen molar-refractivity contribution >= 4 is 26.3 Å². The van der Waals surface area contributed by atoms with Gasteiger partial charge in [0.15, 0.2) is 9.84 Å². The molecule has 0 N–H and O–H groups in total. The first-order chi connectivity index (χ1) is 7.91. The van der Waals surface area contributed by atoms with Gasteiger partial charge in [0.2, 0.25) is 0 Å². The van der Waals surface area contributed by atoms with Gasteiger partial charge in [0.1, 0.15) is 0 Å². The molecule has 0 atom stereocenters. The lowest BCUT2D eigenvalue weighted by molar-refractivity contribution is 0.602. The summed E-state index contributed by atoms with van der Waals surface area (Å²) >= 11 is 0. The van der Waals surface area contributed by atoms with Gasteiger partial charge in [-0.15, -0.1) is 0 Å². The Morgan fingerprint density at radius 2 is 1.53 bits per heavy atom. The molecule has 0 aliphatic carbocycles. The average molecular weight is 249 g/mol. The molecule has 90 valence electrons. The van der Waals surface area contributed by atoms with Crippen LogP contribution in [0.25, 0.3) is 10.8 Å². The Hall–Kier alpha value is -1.55. The Morgan fingerprint density at radius 3 is 2.12 bits per heavy atom. The molecular formula is C13H15NO2S. The molecule has 0 aliphatic heterocycles. The average Bonchev–Trinajstić information content (AvgIpc) is 2.26. The normalized spacial score (nSPS) is 11.7. The molecule has 0 heterocycles. The Labute approximate surface area is 102 Å². The third-order valence-electron chi connectivity index (χ3n) is 2.74. The second-order valence-electron chi connectivity index (χ2n) is 4.30. The fourth-order valence-electron chi connectivity index (χ4n) is 1.98. The van der Waals surface area contributed by atoms with Gasteiger partial charge in [-0.25, -0.2) is 8.42 Å². The van der Waals surface area contributed by atoms with Gasteiger partial charge in [-0.05, 0) is 12.1 Å². The van der Waals surface area contributed by atoms with E-state index in [-0.39, 0.29) is 0 Å². The number of anilines is 1. The van der Waals surface area contributed by atoms with Gasteiger partial charge in [-0.2, -0.15) is 0 Å². The SMILES string of the molecule is CN(C)c1cccc2c(S(C)(=O)=O)cccc12. The highest BCUT2D eigenvalue weighted by molar-refractivity contribution is 7.91. The van der Waals surface area contributed by atoms with Crippen molar-refractivity contribution in [2.45, 2.75) is 4.90 Å². The molecule has 0 radical (unpaired) electrons. The molecule has 0 saturated heterocycles. The Bertz CT molecular complexity index is 660. The van der Waals surface area contributed by atoms with E-state index in [4.69, 9.17) is 0 Å². The minimum absolute atomic E-state index is 0.388. The first-order valence-corrected chi connectivity index (χ1v) is 7.19. The summed E-state index contributed by atoms with van der Waals surface area (Å²) in [6.07, 6.45) is 1.24. The highest BCUT2D eigenvalue weighted by Crippen LogP contribution is 2.29. The van der Waals surface area contributed by atoms with Crippen LogP contribution in [0.4, 0.5) is 5.69 Å². The topological polar surface area (TPSA) is 37.4 Å². The summed E-state index contributed by atoms with van der Waals surface area (Å²) < 4.78 is 23.4. The summed E-state index contributed by atoms with van der Waals surface area (Å²) in [5.74, 6) is 0. The zero-order valence-corrected chi connectivity index (χ0v) is 11.0. The number of benzene rings is 2. The van der Waals surface area contributed by atoms with E-state index in [0.717, 1.165) is 16.5 Å². The molecule has 3 nitrogen and oxygen atoms in total. The lowest BCUT2D eigenvalue weighted by Crippen LogP contribution is -2.09. The Balaban J connectivity index is 2.89. The number of nitrogens with zero attached hydrogens (tertiary/aromatic N) is 1. The van der Waals surface area contributed by atoms with Gasteiger partial charge in [0, 0.05) is 36.8 Å².